The predicted octanol–water partition coefficient (Wildman–Crippen LogP) is 2.77. The lowest BCUT2D eigenvalue weighted by atomic mass is 10.2. The Bertz CT molecular complexity index is 704. The molecule has 0 saturated carbocycles. The molecule has 0 aliphatic heterocycles. The highest BCUT2D eigenvalue weighted by molar-refractivity contribution is 6.35. The van der Waals surface area contributed by atoms with Crippen LogP contribution in [0.5, 0.6) is 0 Å². The van der Waals surface area contributed by atoms with Gasteiger partial charge in [0, 0.05) is 10.7 Å². The summed E-state index contributed by atoms with van der Waals surface area (Å²) in [6.07, 6.45) is 0. The fourth-order valence-corrected chi connectivity index (χ4v) is 1.96. The van der Waals surface area contributed by atoms with Crippen LogP contribution in [0.15, 0.2) is 36.4 Å². The maximum Gasteiger partial charge on any atom is 0.288 e. The van der Waals surface area contributed by atoms with E-state index in [0.29, 0.717) is 10.7 Å². The monoisotopic (exact) mass is 323 g/mol. The summed E-state index contributed by atoms with van der Waals surface area (Å²) in [7, 11) is 0. The summed E-state index contributed by atoms with van der Waals surface area (Å²) < 4.78 is 0. The van der Waals surface area contributed by atoms with E-state index in [0.717, 1.165) is 0 Å². The molecule has 0 aliphatic rings. The number of nitrogens with one attached hydrogen (secondary N) is 2. The zero-order valence-electron chi connectivity index (χ0n) is 11.0. The average Bonchev–Trinajstić information content (AvgIpc) is 2.47. The fraction of sp³-hybridized carbons (Fsp3) is 0.0714. The molecule has 1 aromatic heterocycles. The number of pyridine rings is 1. The van der Waals surface area contributed by atoms with Gasteiger partial charge in [-0.2, -0.15) is 0 Å². The van der Waals surface area contributed by atoms with Crippen LogP contribution in [0.3, 0.4) is 0 Å². The molecular weight excluding hydrogens is 313 g/mol. The molecule has 5 nitrogen and oxygen atoms in total. The first kappa shape index (κ1) is 15.3. The van der Waals surface area contributed by atoms with Crippen LogP contribution in [0.2, 0.25) is 10.0 Å². The SMILES string of the molecule is Cc1cccc(C(=O)NNC(=O)c2cc(Cl)ccc2Cl)n1. The molecule has 1 heterocycles. The lowest BCUT2D eigenvalue weighted by Crippen LogP contribution is -2.42. The van der Waals surface area contributed by atoms with E-state index < -0.39 is 11.8 Å². The van der Waals surface area contributed by atoms with Gasteiger partial charge in [-0.05, 0) is 37.3 Å². The van der Waals surface area contributed by atoms with Crippen molar-refractivity contribution in [1.29, 1.82) is 0 Å². The van der Waals surface area contributed by atoms with E-state index in [2.05, 4.69) is 15.8 Å². The fourth-order valence-electron chi connectivity index (χ4n) is 1.59. The lowest BCUT2D eigenvalue weighted by molar-refractivity contribution is 0.0844. The van der Waals surface area contributed by atoms with E-state index in [1.807, 2.05) is 0 Å². The largest absolute Gasteiger partial charge is 0.288 e. The van der Waals surface area contributed by atoms with Crippen LogP contribution in [0, 0.1) is 6.92 Å². The Labute approximate surface area is 131 Å². The van der Waals surface area contributed by atoms with E-state index in [9.17, 15) is 9.59 Å². The predicted molar refractivity (Wildman–Crippen MR) is 80.4 cm³/mol. The van der Waals surface area contributed by atoms with Crippen molar-refractivity contribution >= 4 is 35.0 Å². The number of benzene rings is 1. The zero-order valence-corrected chi connectivity index (χ0v) is 12.5. The third kappa shape index (κ3) is 3.93. The quantitative estimate of drug-likeness (QED) is 0.835. The highest BCUT2D eigenvalue weighted by Crippen LogP contribution is 2.20. The summed E-state index contributed by atoms with van der Waals surface area (Å²) in [5.74, 6) is -1.09. The van der Waals surface area contributed by atoms with E-state index in [4.69, 9.17) is 23.2 Å². The maximum atomic E-state index is 11.9. The number of hydrazine groups is 1. The minimum atomic E-state index is -0.566. The number of carbonyl (C=O) groups is 2. The van der Waals surface area contributed by atoms with Crippen molar-refractivity contribution in [2.75, 3.05) is 0 Å². The molecule has 0 saturated heterocycles. The van der Waals surface area contributed by atoms with Crippen LogP contribution in [0.4, 0.5) is 0 Å². The lowest BCUT2D eigenvalue weighted by Gasteiger charge is -2.08. The van der Waals surface area contributed by atoms with Gasteiger partial charge < -0.3 is 0 Å². The third-order valence-electron chi connectivity index (χ3n) is 2.58. The third-order valence-corrected chi connectivity index (χ3v) is 3.15. The molecule has 0 fully saturated rings. The number of aryl methyl sites for hydroxylation is 1. The number of nitrogens with zero attached hydrogens (tertiary/aromatic N) is 1. The minimum Gasteiger partial charge on any atom is -0.267 e. The summed E-state index contributed by atoms with van der Waals surface area (Å²) in [4.78, 5) is 27.8. The number of carbonyl (C=O) groups excluding carboxylic acids is 2. The van der Waals surface area contributed by atoms with Gasteiger partial charge in [0.25, 0.3) is 11.8 Å². The van der Waals surface area contributed by atoms with Gasteiger partial charge in [-0.15, -0.1) is 0 Å². The van der Waals surface area contributed by atoms with Crippen molar-refractivity contribution in [3.05, 3.63) is 63.4 Å². The average molecular weight is 324 g/mol. The topological polar surface area (TPSA) is 71.1 Å². The van der Waals surface area contributed by atoms with Gasteiger partial charge in [0.05, 0.1) is 10.6 Å². The Morgan fingerprint density at radius 1 is 1.05 bits per heavy atom. The van der Waals surface area contributed by atoms with Gasteiger partial charge in [0.2, 0.25) is 0 Å². The molecule has 1 aromatic carbocycles. The van der Waals surface area contributed by atoms with Crippen molar-refractivity contribution in [2.45, 2.75) is 6.92 Å². The molecule has 0 radical (unpaired) electrons. The molecule has 0 atom stereocenters. The summed E-state index contributed by atoms with van der Waals surface area (Å²) in [5, 5.41) is 0.607. The molecule has 2 amide bonds. The number of hydrogen-bond acceptors (Lipinski definition) is 3. The van der Waals surface area contributed by atoms with Crippen LogP contribution in [0.1, 0.15) is 26.5 Å². The molecule has 108 valence electrons. The maximum absolute atomic E-state index is 11.9. The van der Waals surface area contributed by atoms with Crippen molar-refractivity contribution in [3.63, 3.8) is 0 Å². The molecule has 2 N–H and O–H groups in total. The van der Waals surface area contributed by atoms with Gasteiger partial charge >= 0.3 is 0 Å². The zero-order chi connectivity index (χ0) is 15.4. The molecule has 0 spiro atoms. The molecular formula is C14H11Cl2N3O2. The second kappa shape index (κ2) is 6.56. The second-order valence-electron chi connectivity index (χ2n) is 4.20. The van der Waals surface area contributed by atoms with Gasteiger partial charge in [-0.1, -0.05) is 29.3 Å². The summed E-state index contributed by atoms with van der Waals surface area (Å²) >= 11 is 11.7. The Balaban J connectivity index is 2.04. The number of amides is 2. The number of halogens is 2. The Hall–Kier alpha value is -2.11. The van der Waals surface area contributed by atoms with Gasteiger partial charge in [-0.3, -0.25) is 20.4 Å². The van der Waals surface area contributed by atoms with Crippen molar-refractivity contribution in [2.24, 2.45) is 0 Å². The van der Waals surface area contributed by atoms with Crippen LogP contribution < -0.4 is 10.9 Å². The smallest absolute Gasteiger partial charge is 0.267 e. The van der Waals surface area contributed by atoms with Crippen molar-refractivity contribution < 1.29 is 9.59 Å². The number of aromatic nitrogens is 1. The molecule has 2 rings (SSSR count). The van der Waals surface area contributed by atoms with Crippen molar-refractivity contribution in [1.82, 2.24) is 15.8 Å². The van der Waals surface area contributed by atoms with Gasteiger partial charge in [0.1, 0.15) is 5.69 Å². The Kier molecular flexibility index (Phi) is 4.77. The van der Waals surface area contributed by atoms with E-state index in [-0.39, 0.29) is 16.3 Å². The van der Waals surface area contributed by atoms with E-state index >= 15 is 0 Å². The Morgan fingerprint density at radius 3 is 2.48 bits per heavy atom. The number of rotatable bonds is 2. The Morgan fingerprint density at radius 2 is 1.76 bits per heavy atom. The van der Waals surface area contributed by atoms with E-state index in [1.54, 1.807) is 31.2 Å². The highest BCUT2D eigenvalue weighted by atomic mass is 35.5. The van der Waals surface area contributed by atoms with Gasteiger partial charge in [0.15, 0.2) is 0 Å². The molecule has 21 heavy (non-hydrogen) atoms. The standard InChI is InChI=1S/C14H11Cl2N3O2/c1-8-3-2-4-12(17-8)14(21)19-18-13(20)10-7-9(15)5-6-11(10)16/h2-7H,1H3,(H,18,20)(H,19,21). The van der Waals surface area contributed by atoms with Gasteiger partial charge in [-0.25, -0.2) is 4.98 Å². The van der Waals surface area contributed by atoms with Crippen LogP contribution >= 0.6 is 23.2 Å². The summed E-state index contributed by atoms with van der Waals surface area (Å²) in [6.45, 7) is 1.76. The van der Waals surface area contributed by atoms with Crippen LogP contribution in [-0.2, 0) is 0 Å². The highest BCUT2D eigenvalue weighted by Gasteiger charge is 2.13. The van der Waals surface area contributed by atoms with Crippen LogP contribution in [-0.4, -0.2) is 16.8 Å². The first-order valence-corrected chi connectivity index (χ1v) is 6.72. The molecule has 7 heteroatoms. The molecule has 0 aliphatic carbocycles. The molecule has 0 bridgehead atoms. The second-order valence-corrected chi connectivity index (χ2v) is 5.04. The molecule has 0 unspecified atom stereocenters. The number of hydrogen-bond donors (Lipinski definition) is 2. The first-order chi connectivity index (χ1) is 9.97. The minimum absolute atomic E-state index is 0.168. The normalized spacial score (nSPS) is 10.0. The first-order valence-electron chi connectivity index (χ1n) is 5.97. The van der Waals surface area contributed by atoms with E-state index in [1.165, 1.54) is 12.1 Å². The van der Waals surface area contributed by atoms with Crippen LogP contribution in [0.25, 0.3) is 0 Å². The summed E-state index contributed by atoms with van der Waals surface area (Å²) in [6, 6.07) is 9.49. The van der Waals surface area contributed by atoms with Crippen molar-refractivity contribution in [3.8, 4) is 0 Å². The summed E-state index contributed by atoms with van der Waals surface area (Å²) in [5.41, 5.74) is 5.60. The molecule has 2 aromatic rings.